The summed E-state index contributed by atoms with van der Waals surface area (Å²) in [5, 5.41) is 15.3. The third kappa shape index (κ3) is 4.11. The Hall–Kier alpha value is -2.07. The van der Waals surface area contributed by atoms with Crippen molar-refractivity contribution in [3.8, 4) is 6.07 Å². The van der Waals surface area contributed by atoms with Gasteiger partial charge in [-0.2, -0.15) is 5.26 Å². The fraction of sp³-hybridized carbons (Fsp3) is 0.238. The highest BCUT2D eigenvalue weighted by atomic mass is 32.2. The van der Waals surface area contributed by atoms with Gasteiger partial charge in [0.05, 0.1) is 15.5 Å². The van der Waals surface area contributed by atoms with Gasteiger partial charge in [-0.3, -0.25) is 4.79 Å². The number of hydrogen-bond acceptors (Lipinski definition) is 5. The molecule has 6 heteroatoms. The number of carbonyl (C=O) groups is 1. The number of nitriles is 1. The molecule has 1 aliphatic carbocycles. The molecule has 0 aliphatic heterocycles. The van der Waals surface area contributed by atoms with Gasteiger partial charge in [-0.1, -0.05) is 36.4 Å². The van der Waals surface area contributed by atoms with Crippen LogP contribution in [0.25, 0.3) is 0 Å². The molecule has 3 nitrogen and oxygen atoms in total. The van der Waals surface area contributed by atoms with E-state index in [0.717, 1.165) is 29.0 Å². The number of carbonyl (C=O) groups excluding carboxylic acids is 1. The van der Waals surface area contributed by atoms with Crippen LogP contribution in [0.5, 0.6) is 0 Å². The van der Waals surface area contributed by atoms with Gasteiger partial charge < -0.3 is 5.32 Å². The van der Waals surface area contributed by atoms with E-state index in [2.05, 4.69) is 35.7 Å². The van der Waals surface area contributed by atoms with E-state index in [4.69, 9.17) is 0 Å². The maximum Gasteiger partial charge on any atom is 0.235 e. The summed E-state index contributed by atoms with van der Waals surface area (Å²) in [5.41, 5.74) is 3.15. The highest BCUT2D eigenvalue weighted by molar-refractivity contribution is 8.01. The summed E-state index contributed by atoms with van der Waals surface area (Å²) in [4.78, 5) is 13.6. The molecule has 0 saturated carbocycles. The molecule has 0 unspecified atom stereocenters. The second-order valence-corrected chi connectivity index (χ2v) is 9.77. The van der Waals surface area contributed by atoms with Crippen molar-refractivity contribution in [2.75, 3.05) is 11.1 Å². The smallest absolute Gasteiger partial charge is 0.235 e. The number of anilines is 1. The van der Waals surface area contributed by atoms with Crippen molar-refractivity contribution < 1.29 is 4.79 Å². The molecule has 1 N–H and O–H groups in total. The van der Waals surface area contributed by atoms with Crippen molar-refractivity contribution >= 4 is 45.3 Å². The van der Waals surface area contributed by atoms with Crippen molar-refractivity contribution in [3.05, 3.63) is 69.4 Å². The van der Waals surface area contributed by atoms with Gasteiger partial charge in [-0.25, -0.2) is 0 Å². The van der Waals surface area contributed by atoms with E-state index in [1.165, 1.54) is 22.2 Å². The van der Waals surface area contributed by atoms with E-state index in [1.807, 2.05) is 23.6 Å². The Morgan fingerprint density at radius 3 is 2.85 bits per heavy atom. The summed E-state index contributed by atoms with van der Waals surface area (Å²) < 4.78 is 1.13. The highest BCUT2D eigenvalue weighted by Gasteiger charge is 2.27. The fourth-order valence-electron chi connectivity index (χ4n) is 3.45. The van der Waals surface area contributed by atoms with E-state index in [1.54, 1.807) is 22.7 Å². The average Bonchev–Trinajstić information content (AvgIpc) is 3.33. The number of rotatable bonds is 5. The van der Waals surface area contributed by atoms with Crippen molar-refractivity contribution in [1.82, 2.24) is 0 Å². The van der Waals surface area contributed by atoms with E-state index in [0.29, 0.717) is 22.2 Å². The summed E-state index contributed by atoms with van der Waals surface area (Å²) in [5.74, 6) is 0.797. The third-order valence-corrected chi connectivity index (χ3v) is 8.04. The van der Waals surface area contributed by atoms with Gasteiger partial charge in [-0.15, -0.1) is 34.4 Å². The van der Waals surface area contributed by atoms with Crippen LogP contribution in [0.15, 0.2) is 52.1 Å². The van der Waals surface area contributed by atoms with Crippen LogP contribution in [-0.4, -0.2) is 11.7 Å². The lowest BCUT2D eigenvalue weighted by atomic mass is 9.83. The molecule has 3 aromatic rings. The summed E-state index contributed by atoms with van der Waals surface area (Å²) in [6, 6.07) is 16.9. The first-order valence-corrected chi connectivity index (χ1v) is 11.5. The topological polar surface area (TPSA) is 52.9 Å². The summed E-state index contributed by atoms with van der Waals surface area (Å²) in [7, 11) is 0. The van der Waals surface area contributed by atoms with E-state index in [-0.39, 0.29) is 5.91 Å². The van der Waals surface area contributed by atoms with Crippen LogP contribution in [0, 0.1) is 11.3 Å². The lowest BCUT2D eigenvalue weighted by Gasteiger charge is -2.22. The number of hydrogen-bond donors (Lipinski definition) is 1. The molecule has 2 heterocycles. The Morgan fingerprint density at radius 1 is 1.26 bits per heavy atom. The van der Waals surface area contributed by atoms with Crippen molar-refractivity contribution in [2.45, 2.75) is 29.4 Å². The zero-order valence-electron chi connectivity index (χ0n) is 14.6. The Morgan fingerprint density at radius 2 is 2.11 bits per heavy atom. The molecular formula is C21H18N2OS3. The average molecular weight is 411 g/mol. The molecule has 1 aromatic carbocycles. The van der Waals surface area contributed by atoms with Gasteiger partial charge >= 0.3 is 0 Å². The quantitative estimate of drug-likeness (QED) is 0.550. The zero-order valence-corrected chi connectivity index (χ0v) is 17.1. The molecule has 136 valence electrons. The number of fused-ring (bicyclic) bond motifs is 1. The molecule has 0 fully saturated rings. The molecule has 0 radical (unpaired) electrons. The van der Waals surface area contributed by atoms with Gasteiger partial charge in [0.1, 0.15) is 11.1 Å². The fourth-order valence-corrected chi connectivity index (χ4v) is 6.33. The predicted molar refractivity (Wildman–Crippen MR) is 114 cm³/mol. The Bertz CT molecular complexity index is 971. The van der Waals surface area contributed by atoms with Crippen LogP contribution < -0.4 is 5.32 Å². The number of nitrogens with zero attached hydrogens (tertiary/aromatic N) is 1. The van der Waals surface area contributed by atoms with Crippen LogP contribution >= 0.6 is 34.4 Å². The summed E-state index contributed by atoms with van der Waals surface area (Å²) in [6.45, 7) is 0. The molecule has 0 saturated heterocycles. The van der Waals surface area contributed by atoms with Gasteiger partial charge in [-0.05, 0) is 47.8 Å². The van der Waals surface area contributed by atoms with Gasteiger partial charge in [0.2, 0.25) is 5.91 Å². The number of amides is 1. The first-order valence-electron chi connectivity index (χ1n) is 8.80. The Balaban J connectivity index is 1.48. The van der Waals surface area contributed by atoms with Crippen LogP contribution in [0.2, 0.25) is 0 Å². The SMILES string of the molecule is N#Cc1c(NC(=O)CSc2cccs2)sc2c1CC[C@@H](c1ccccc1)C2. The molecule has 1 amide bonds. The van der Waals surface area contributed by atoms with Gasteiger partial charge in [0.25, 0.3) is 0 Å². The van der Waals surface area contributed by atoms with Crippen LogP contribution in [0.3, 0.4) is 0 Å². The molecule has 0 bridgehead atoms. The summed E-state index contributed by atoms with van der Waals surface area (Å²) >= 11 is 4.74. The maximum absolute atomic E-state index is 12.3. The van der Waals surface area contributed by atoms with Gasteiger partial charge in [0.15, 0.2) is 0 Å². The maximum atomic E-state index is 12.3. The van der Waals surface area contributed by atoms with E-state index >= 15 is 0 Å². The number of thioether (sulfide) groups is 1. The molecule has 2 aromatic heterocycles. The highest BCUT2D eigenvalue weighted by Crippen LogP contribution is 2.42. The Labute approximate surface area is 171 Å². The summed E-state index contributed by atoms with van der Waals surface area (Å²) in [6.07, 6.45) is 2.89. The van der Waals surface area contributed by atoms with Crippen LogP contribution in [0.4, 0.5) is 5.00 Å². The van der Waals surface area contributed by atoms with Crippen LogP contribution in [-0.2, 0) is 17.6 Å². The third-order valence-electron chi connectivity index (χ3n) is 4.74. The van der Waals surface area contributed by atoms with Crippen molar-refractivity contribution in [2.24, 2.45) is 0 Å². The zero-order chi connectivity index (χ0) is 18.6. The lowest BCUT2D eigenvalue weighted by molar-refractivity contribution is -0.113. The minimum Gasteiger partial charge on any atom is -0.316 e. The monoisotopic (exact) mass is 410 g/mol. The minimum absolute atomic E-state index is 0.0527. The number of nitrogens with one attached hydrogen (secondary N) is 1. The van der Waals surface area contributed by atoms with Crippen LogP contribution in [0.1, 0.15) is 33.9 Å². The Kier molecular flexibility index (Phi) is 5.63. The lowest BCUT2D eigenvalue weighted by Crippen LogP contribution is -2.14. The second-order valence-electron chi connectivity index (χ2n) is 6.44. The molecule has 1 atom stereocenters. The molecule has 4 rings (SSSR count). The number of thiophene rings is 2. The van der Waals surface area contributed by atoms with Crippen molar-refractivity contribution in [1.29, 1.82) is 5.26 Å². The first-order chi connectivity index (χ1) is 13.2. The van der Waals surface area contributed by atoms with Gasteiger partial charge in [0, 0.05) is 4.88 Å². The molecule has 0 spiro atoms. The first kappa shape index (κ1) is 18.3. The molecule has 1 aliphatic rings. The number of benzene rings is 1. The standard InChI is InChI=1S/C21H18N2OS3/c22-12-17-16-9-8-15(14-5-2-1-3-6-14)11-18(16)27-21(17)23-19(24)13-26-20-7-4-10-25-20/h1-7,10,15H,8-9,11,13H2,(H,23,24)/t15-/m1/s1. The second kappa shape index (κ2) is 8.30. The minimum atomic E-state index is -0.0527. The predicted octanol–water partition coefficient (Wildman–Crippen LogP) is 5.68. The largest absolute Gasteiger partial charge is 0.316 e. The molecule has 27 heavy (non-hydrogen) atoms. The molecular weight excluding hydrogens is 392 g/mol. The van der Waals surface area contributed by atoms with E-state index in [9.17, 15) is 10.1 Å². The van der Waals surface area contributed by atoms with E-state index < -0.39 is 0 Å². The normalized spacial score (nSPS) is 15.7. The van der Waals surface area contributed by atoms with Crippen molar-refractivity contribution in [3.63, 3.8) is 0 Å².